The number of nitrogens with zero attached hydrogens (tertiary/aromatic N) is 2. The van der Waals surface area contributed by atoms with E-state index in [4.69, 9.17) is 0 Å². The zero-order valence-electron chi connectivity index (χ0n) is 11.2. The SMILES string of the molecule is CCC(C)n1ccc(CNCC(C)(C)C)n1. The van der Waals surface area contributed by atoms with Crippen molar-refractivity contribution in [2.75, 3.05) is 6.54 Å². The number of aromatic nitrogens is 2. The summed E-state index contributed by atoms with van der Waals surface area (Å²) in [5, 5.41) is 7.99. The Bertz CT molecular complexity index is 309. The van der Waals surface area contributed by atoms with E-state index in [-0.39, 0.29) is 0 Å². The van der Waals surface area contributed by atoms with Crippen LogP contribution in [0, 0.1) is 5.41 Å². The lowest BCUT2D eigenvalue weighted by atomic mass is 9.97. The Morgan fingerprint density at radius 2 is 2.12 bits per heavy atom. The molecule has 0 radical (unpaired) electrons. The smallest absolute Gasteiger partial charge is 0.0762 e. The fraction of sp³-hybridized carbons (Fsp3) is 0.769. The van der Waals surface area contributed by atoms with Gasteiger partial charge in [0, 0.05) is 25.3 Å². The molecule has 0 aliphatic rings. The number of nitrogens with one attached hydrogen (secondary N) is 1. The molecule has 0 spiro atoms. The summed E-state index contributed by atoms with van der Waals surface area (Å²) >= 11 is 0. The fourth-order valence-corrected chi connectivity index (χ4v) is 1.47. The highest BCUT2D eigenvalue weighted by Gasteiger charge is 2.09. The van der Waals surface area contributed by atoms with Gasteiger partial charge < -0.3 is 5.32 Å². The molecular formula is C13H25N3. The lowest BCUT2D eigenvalue weighted by Crippen LogP contribution is -2.26. The Labute approximate surface area is 99.2 Å². The van der Waals surface area contributed by atoms with Gasteiger partial charge in [0.25, 0.3) is 0 Å². The van der Waals surface area contributed by atoms with Gasteiger partial charge in [0.2, 0.25) is 0 Å². The van der Waals surface area contributed by atoms with Gasteiger partial charge in [-0.2, -0.15) is 5.10 Å². The van der Waals surface area contributed by atoms with Crippen molar-refractivity contribution in [2.24, 2.45) is 5.41 Å². The molecular weight excluding hydrogens is 198 g/mol. The Morgan fingerprint density at radius 1 is 1.44 bits per heavy atom. The Morgan fingerprint density at radius 3 is 2.69 bits per heavy atom. The van der Waals surface area contributed by atoms with E-state index >= 15 is 0 Å². The molecule has 0 saturated carbocycles. The van der Waals surface area contributed by atoms with E-state index in [0.717, 1.165) is 25.2 Å². The standard InChI is InChI=1S/C13H25N3/c1-6-11(2)16-8-7-12(15-16)9-14-10-13(3,4)5/h7-8,11,14H,6,9-10H2,1-5H3. The topological polar surface area (TPSA) is 29.9 Å². The van der Waals surface area contributed by atoms with Crippen molar-refractivity contribution in [3.05, 3.63) is 18.0 Å². The van der Waals surface area contributed by atoms with Gasteiger partial charge in [0.05, 0.1) is 5.69 Å². The first-order valence-electron chi connectivity index (χ1n) is 6.17. The van der Waals surface area contributed by atoms with Gasteiger partial charge in [-0.15, -0.1) is 0 Å². The lowest BCUT2D eigenvalue weighted by molar-refractivity contribution is 0.377. The fourth-order valence-electron chi connectivity index (χ4n) is 1.47. The van der Waals surface area contributed by atoms with Crippen LogP contribution in [0.5, 0.6) is 0 Å². The van der Waals surface area contributed by atoms with Gasteiger partial charge in [-0.3, -0.25) is 4.68 Å². The van der Waals surface area contributed by atoms with E-state index in [2.05, 4.69) is 57.3 Å². The maximum absolute atomic E-state index is 4.55. The summed E-state index contributed by atoms with van der Waals surface area (Å²) in [6.07, 6.45) is 3.19. The highest BCUT2D eigenvalue weighted by molar-refractivity contribution is 4.99. The largest absolute Gasteiger partial charge is 0.311 e. The lowest BCUT2D eigenvalue weighted by Gasteiger charge is -2.18. The molecule has 1 aromatic rings. The molecule has 0 amide bonds. The summed E-state index contributed by atoms with van der Waals surface area (Å²) in [4.78, 5) is 0. The van der Waals surface area contributed by atoms with Crippen LogP contribution in [0.25, 0.3) is 0 Å². The third-order valence-electron chi connectivity index (χ3n) is 2.67. The summed E-state index contributed by atoms with van der Waals surface area (Å²) in [6.45, 7) is 13.0. The Kier molecular flexibility index (Phi) is 4.54. The molecule has 1 heterocycles. The quantitative estimate of drug-likeness (QED) is 0.831. The van der Waals surface area contributed by atoms with Gasteiger partial charge in [-0.05, 0) is 24.8 Å². The van der Waals surface area contributed by atoms with Crippen molar-refractivity contribution in [2.45, 2.75) is 53.6 Å². The number of hydrogen-bond donors (Lipinski definition) is 1. The van der Waals surface area contributed by atoms with Crippen molar-refractivity contribution in [3.63, 3.8) is 0 Å². The third-order valence-corrected chi connectivity index (χ3v) is 2.67. The second-order valence-electron chi connectivity index (χ2n) is 5.71. The van der Waals surface area contributed by atoms with Crippen LogP contribution in [0.1, 0.15) is 52.8 Å². The van der Waals surface area contributed by atoms with E-state index in [1.165, 1.54) is 0 Å². The molecule has 0 aliphatic carbocycles. The molecule has 1 atom stereocenters. The maximum Gasteiger partial charge on any atom is 0.0762 e. The molecule has 1 aromatic heterocycles. The van der Waals surface area contributed by atoms with Gasteiger partial charge in [0.15, 0.2) is 0 Å². The Hall–Kier alpha value is -0.830. The van der Waals surface area contributed by atoms with E-state index < -0.39 is 0 Å². The summed E-state index contributed by atoms with van der Waals surface area (Å²) < 4.78 is 2.05. The van der Waals surface area contributed by atoms with Gasteiger partial charge in [-0.1, -0.05) is 27.7 Å². The van der Waals surface area contributed by atoms with E-state index in [1.807, 2.05) is 4.68 Å². The molecule has 3 nitrogen and oxygen atoms in total. The predicted molar refractivity (Wildman–Crippen MR) is 68.4 cm³/mol. The summed E-state index contributed by atoms with van der Waals surface area (Å²) in [5.41, 5.74) is 1.46. The second kappa shape index (κ2) is 5.48. The molecule has 16 heavy (non-hydrogen) atoms. The first-order chi connectivity index (χ1) is 7.42. The molecule has 92 valence electrons. The van der Waals surface area contributed by atoms with Gasteiger partial charge in [0.1, 0.15) is 0 Å². The van der Waals surface area contributed by atoms with E-state index in [9.17, 15) is 0 Å². The zero-order chi connectivity index (χ0) is 12.2. The van der Waals surface area contributed by atoms with Crippen LogP contribution in [-0.2, 0) is 6.54 Å². The van der Waals surface area contributed by atoms with Crippen LogP contribution in [-0.4, -0.2) is 16.3 Å². The summed E-state index contributed by atoms with van der Waals surface area (Å²) in [6, 6.07) is 2.60. The predicted octanol–water partition coefficient (Wildman–Crippen LogP) is 2.99. The van der Waals surface area contributed by atoms with Crippen LogP contribution >= 0.6 is 0 Å². The first kappa shape index (κ1) is 13.2. The highest BCUT2D eigenvalue weighted by Crippen LogP contribution is 2.11. The van der Waals surface area contributed by atoms with Crippen molar-refractivity contribution < 1.29 is 0 Å². The van der Waals surface area contributed by atoms with Crippen LogP contribution in [0.15, 0.2) is 12.3 Å². The molecule has 1 N–H and O–H groups in total. The van der Waals surface area contributed by atoms with E-state index in [0.29, 0.717) is 11.5 Å². The van der Waals surface area contributed by atoms with Gasteiger partial charge >= 0.3 is 0 Å². The minimum atomic E-state index is 0.333. The van der Waals surface area contributed by atoms with Crippen molar-refractivity contribution in [1.29, 1.82) is 0 Å². The van der Waals surface area contributed by atoms with Crippen molar-refractivity contribution in [1.82, 2.24) is 15.1 Å². The first-order valence-corrected chi connectivity index (χ1v) is 6.17. The van der Waals surface area contributed by atoms with Gasteiger partial charge in [-0.25, -0.2) is 0 Å². The number of rotatable bonds is 5. The molecule has 0 aliphatic heterocycles. The summed E-state index contributed by atoms with van der Waals surface area (Å²) in [5.74, 6) is 0. The monoisotopic (exact) mass is 223 g/mol. The van der Waals surface area contributed by atoms with Crippen LogP contribution in [0.3, 0.4) is 0 Å². The third kappa shape index (κ3) is 4.35. The molecule has 0 aromatic carbocycles. The van der Waals surface area contributed by atoms with Crippen molar-refractivity contribution in [3.8, 4) is 0 Å². The molecule has 1 unspecified atom stereocenters. The van der Waals surface area contributed by atoms with E-state index in [1.54, 1.807) is 0 Å². The Balaban J connectivity index is 2.41. The molecule has 3 heteroatoms. The van der Waals surface area contributed by atoms with Crippen LogP contribution in [0.2, 0.25) is 0 Å². The number of hydrogen-bond acceptors (Lipinski definition) is 2. The van der Waals surface area contributed by atoms with Crippen LogP contribution < -0.4 is 5.32 Å². The minimum absolute atomic E-state index is 0.333. The highest BCUT2D eigenvalue weighted by atomic mass is 15.3. The minimum Gasteiger partial charge on any atom is -0.311 e. The van der Waals surface area contributed by atoms with Crippen molar-refractivity contribution >= 4 is 0 Å². The molecule has 0 bridgehead atoms. The molecule has 1 rings (SSSR count). The molecule has 0 fully saturated rings. The maximum atomic E-state index is 4.55. The second-order valence-corrected chi connectivity index (χ2v) is 5.71. The normalized spacial score (nSPS) is 14.1. The average Bonchev–Trinajstić information content (AvgIpc) is 2.63. The molecule has 0 saturated heterocycles. The zero-order valence-corrected chi connectivity index (χ0v) is 11.2. The summed E-state index contributed by atoms with van der Waals surface area (Å²) in [7, 11) is 0. The van der Waals surface area contributed by atoms with Crippen LogP contribution in [0.4, 0.5) is 0 Å². The average molecular weight is 223 g/mol.